The van der Waals surface area contributed by atoms with E-state index < -0.39 is 12.0 Å². The molecule has 0 amide bonds. The summed E-state index contributed by atoms with van der Waals surface area (Å²) in [6, 6.07) is 0. The second-order valence-corrected chi connectivity index (χ2v) is 3.08. The number of aliphatic hydroxyl groups is 1. The van der Waals surface area contributed by atoms with E-state index >= 15 is 0 Å². The first-order valence-electron chi connectivity index (χ1n) is 4.24. The number of carbonyl (C=O) groups is 2. The molecule has 2 atom stereocenters. The summed E-state index contributed by atoms with van der Waals surface area (Å²) in [6.07, 6.45) is -0.334. The van der Waals surface area contributed by atoms with Crippen LogP contribution in [-0.4, -0.2) is 30.1 Å². The van der Waals surface area contributed by atoms with E-state index in [1.54, 1.807) is 6.92 Å². The summed E-state index contributed by atoms with van der Waals surface area (Å²) in [7, 11) is 1.29. The van der Waals surface area contributed by atoms with Crippen LogP contribution in [0, 0.1) is 5.92 Å². The van der Waals surface area contributed by atoms with E-state index in [2.05, 4.69) is 4.74 Å². The molecular formula is C9H16O4. The van der Waals surface area contributed by atoms with E-state index in [0.29, 0.717) is 0 Å². The molecule has 0 saturated carbocycles. The van der Waals surface area contributed by atoms with Gasteiger partial charge < -0.3 is 9.84 Å². The molecule has 1 N–H and O–H groups in total. The summed E-state index contributed by atoms with van der Waals surface area (Å²) < 4.78 is 4.41. The molecule has 2 unspecified atom stereocenters. The predicted octanol–water partition coefficient (Wildman–Crippen LogP) is 0.526. The maximum atomic E-state index is 10.8. The van der Waals surface area contributed by atoms with Gasteiger partial charge in [-0.1, -0.05) is 6.92 Å². The minimum Gasteiger partial charge on any atom is -0.469 e. The van der Waals surface area contributed by atoms with Gasteiger partial charge in [-0.15, -0.1) is 0 Å². The molecule has 0 aromatic heterocycles. The van der Waals surface area contributed by atoms with Crippen LogP contribution < -0.4 is 0 Å². The molecular weight excluding hydrogens is 172 g/mol. The quantitative estimate of drug-likeness (QED) is 0.639. The highest BCUT2D eigenvalue weighted by molar-refractivity contribution is 5.78. The molecule has 76 valence electrons. The van der Waals surface area contributed by atoms with Gasteiger partial charge in [0, 0.05) is 12.3 Å². The van der Waals surface area contributed by atoms with Crippen LogP contribution >= 0.6 is 0 Å². The largest absolute Gasteiger partial charge is 0.469 e. The molecule has 0 aliphatic rings. The lowest BCUT2D eigenvalue weighted by Gasteiger charge is -2.14. The number of rotatable bonds is 5. The average molecular weight is 188 g/mol. The summed E-state index contributed by atoms with van der Waals surface area (Å²) in [4.78, 5) is 21.5. The van der Waals surface area contributed by atoms with Crippen LogP contribution in [0.15, 0.2) is 0 Å². The number of ketones is 1. The molecule has 0 rings (SSSR count). The molecule has 0 aromatic rings. The number of esters is 1. The van der Waals surface area contributed by atoms with Gasteiger partial charge in [0.15, 0.2) is 0 Å². The van der Waals surface area contributed by atoms with Crippen molar-refractivity contribution in [3.63, 3.8) is 0 Å². The van der Waals surface area contributed by atoms with Crippen LogP contribution in [0.2, 0.25) is 0 Å². The van der Waals surface area contributed by atoms with Crippen molar-refractivity contribution in [3.05, 3.63) is 0 Å². The number of carbonyl (C=O) groups excluding carboxylic acids is 2. The van der Waals surface area contributed by atoms with Gasteiger partial charge in [0.1, 0.15) is 5.78 Å². The first kappa shape index (κ1) is 12.1. The zero-order valence-corrected chi connectivity index (χ0v) is 8.24. The van der Waals surface area contributed by atoms with Crippen molar-refractivity contribution >= 4 is 11.8 Å². The topological polar surface area (TPSA) is 63.6 Å². The number of hydrogen-bond acceptors (Lipinski definition) is 4. The van der Waals surface area contributed by atoms with Gasteiger partial charge in [-0.3, -0.25) is 9.59 Å². The summed E-state index contributed by atoms with van der Waals surface area (Å²) in [5.74, 6) is -0.850. The Bertz CT molecular complexity index is 188. The Morgan fingerprint density at radius 1 is 1.46 bits per heavy atom. The first-order chi connectivity index (χ1) is 5.99. The van der Waals surface area contributed by atoms with Gasteiger partial charge in [0.05, 0.1) is 13.2 Å². The summed E-state index contributed by atoms with van der Waals surface area (Å²) in [6.45, 7) is 3.07. The molecule has 0 aliphatic carbocycles. The first-order valence-corrected chi connectivity index (χ1v) is 4.24. The predicted molar refractivity (Wildman–Crippen MR) is 47.1 cm³/mol. The SMILES string of the molecule is COC(=O)CCC(O)C(C)C(C)=O. The number of hydrogen-bond donors (Lipinski definition) is 1. The van der Waals surface area contributed by atoms with E-state index in [0.717, 1.165) is 0 Å². The van der Waals surface area contributed by atoms with E-state index in [9.17, 15) is 14.7 Å². The third kappa shape index (κ3) is 4.62. The molecule has 0 heterocycles. The zero-order chi connectivity index (χ0) is 10.4. The fourth-order valence-corrected chi connectivity index (χ4v) is 0.889. The van der Waals surface area contributed by atoms with Gasteiger partial charge >= 0.3 is 5.97 Å². The Morgan fingerprint density at radius 3 is 2.38 bits per heavy atom. The van der Waals surface area contributed by atoms with E-state index in [1.165, 1.54) is 14.0 Å². The van der Waals surface area contributed by atoms with E-state index in [4.69, 9.17) is 0 Å². The second kappa shape index (κ2) is 5.70. The Hall–Kier alpha value is -0.900. The standard InChI is InChI=1S/C9H16O4/c1-6(7(2)10)8(11)4-5-9(12)13-3/h6,8,11H,4-5H2,1-3H3. The van der Waals surface area contributed by atoms with Gasteiger partial charge in [-0.05, 0) is 13.3 Å². The Morgan fingerprint density at radius 2 is 2.00 bits per heavy atom. The molecule has 0 radical (unpaired) electrons. The lowest BCUT2D eigenvalue weighted by molar-refractivity contribution is -0.141. The van der Waals surface area contributed by atoms with Crippen LogP contribution in [0.3, 0.4) is 0 Å². The van der Waals surface area contributed by atoms with Crippen molar-refractivity contribution in [2.75, 3.05) is 7.11 Å². The highest BCUT2D eigenvalue weighted by atomic mass is 16.5. The summed E-state index contributed by atoms with van der Waals surface area (Å²) in [5.41, 5.74) is 0. The van der Waals surface area contributed by atoms with Gasteiger partial charge in [-0.2, -0.15) is 0 Å². The van der Waals surface area contributed by atoms with E-state index in [-0.39, 0.29) is 24.6 Å². The van der Waals surface area contributed by atoms with Crippen molar-refractivity contribution in [1.29, 1.82) is 0 Å². The van der Waals surface area contributed by atoms with Crippen LogP contribution in [0.5, 0.6) is 0 Å². The van der Waals surface area contributed by atoms with Crippen molar-refractivity contribution in [1.82, 2.24) is 0 Å². The van der Waals surface area contributed by atoms with Crippen molar-refractivity contribution < 1.29 is 19.4 Å². The van der Waals surface area contributed by atoms with Crippen LogP contribution in [0.25, 0.3) is 0 Å². The molecule has 4 nitrogen and oxygen atoms in total. The Balaban J connectivity index is 3.80. The van der Waals surface area contributed by atoms with Crippen molar-refractivity contribution in [2.24, 2.45) is 5.92 Å². The van der Waals surface area contributed by atoms with Gasteiger partial charge in [0.25, 0.3) is 0 Å². The molecule has 0 spiro atoms. The summed E-state index contributed by atoms with van der Waals surface area (Å²) in [5, 5.41) is 9.40. The number of Topliss-reactive ketones (excluding diaryl/α,β-unsaturated/α-hetero) is 1. The normalized spacial score (nSPS) is 14.8. The zero-order valence-electron chi connectivity index (χ0n) is 8.24. The van der Waals surface area contributed by atoms with Crippen LogP contribution in [0.4, 0.5) is 0 Å². The van der Waals surface area contributed by atoms with Crippen molar-refractivity contribution in [3.8, 4) is 0 Å². The number of ether oxygens (including phenoxy) is 1. The molecule has 0 fully saturated rings. The van der Waals surface area contributed by atoms with Crippen molar-refractivity contribution in [2.45, 2.75) is 32.8 Å². The van der Waals surface area contributed by atoms with Gasteiger partial charge in [-0.25, -0.2) is 0 Å². The summed E-state index contributed by atoms with van der Waals surface area (Å²) >= 11 is 0. The highest BCUT2D eigenvalue weighted by Crippen LogP contribution is 2.10. The molecule has 0 aromatic carbocycles. The van der Waals surface area contributed by atoms with Crippen LogP contribution in [-0.2, 0) is 14.3 Å². The highest BCUT2D eigenvalue weighted by Gasteiger charge is 2.19. The molecule has 0 aliphatic heterocycles. The minimum absolute atomic E-state index is 0.0719. The second-order valence-electron chi connectivity index (χ2n) is 3.08. The lowest BCUT2D eigenvalue weighted by atomic mass is 9.97. The smallest absolute Gasteiger partial charge is 0.305 e. The molecule has 0 saturated heterocycles. The lowest BCUT2D eigenvalue weighted by Crippen LogP contribution is -2.24. The number of methoxy groups -OCH3 is 1. The Labute approximate surface area is 77.9 Å². The Kier molecular flexibility index (Phi) is 5.30. The molecule has 0 bridgehead atoms. The fraction of sp³-hybridized carbons (Fsp3) is 0.778. The van der Waals surface area contributed by atoms with Gasteiger partial charge in [0.2, 0.25) is 0 Å². The molecule has 4 heteroatoms. The van der Waals surface area contributed by atoms with E-state index in [1.807, 2.05) is 0 Å². The third-order valence-corrected chi connectivity index (χ3v) is 2.09. The third-order valence-electron chi connectivity index (χ3n) is 2.09. The van der Waals surface area contributed by atoms with Crippen LogP contribution in [0.1, 0.15) is 26.7 Å². The number of aliphatic hydroxyl groups excluding tert-OH is 1. The fourth-order valence-electron chi connectivity index (χ4n) is 0.889. The maximum absolute atomic E-state index is 10.8. The molecule has 13 heavy (non-hydrogen) atoms. The monoisotopic (exact) mass is 188 g/mol. The maximum Gasteiger partial charge on any atom is 0.305 e. The average Bonchev–Trinajstić information content (AvgIpc) is 2.11. The minimum atomic E-state index is -0.753.